The number of rotatable bonds is 7. The summed E-state index contributed by atoms with van der Waals surface area (Å²) in [5.41, 5.74) is 2.03. The molecule has 0 saturated carbocycles. The lowest BCUT2D eigenvalue weighted by Gasteiger charge is -2.36. The highest BCUT2D eigenvalue weighted by Crippen LogP contribution is 2.43. The number of aryl methyl sites for hydroxylation is 2. The number of nitrogens with one attached hydrogen (secondary N) is 3. The minimum Gasteiger partial charge on any atom is -0.484 e. The van der Waals surface area contributed by atoms with Crippen LogP contribution in [0.2, 0.25) is 0 Å². The molecule has 0 radical (unpaired) electrons. The van der Waals surface area contributed by atoms with E-state index in [2.05, 4.69) is 25.4 Å². The quantitative estimate of drug-likeness (QED) is 0.390. The van der Waals surface area contributed by atoms with Crippen molar-refractivity contribution < 1.29 is 35.9 Å². The third-order valence-corrected chi connectivity index (χ3v) is 8.07. The van der Waals surface area contributed by atoms with Crippen LogP contribution in [-0.4, -0.2) is 60.6 Å². The SMILES string of the molecule is CNS(=O)(=O)CC(=O)Nc1c(-c2ccc(C)cn2)nn2c1C(=O)N[C@@]1(CCc3cc(OCC(F)(F)F)ccc31)C2. The van der Waals surface area contributed by atoms with E-state index in [1.165, 1.54) is 23.9 Å². The molecule has 2 amide bonds. The van der Waals surface area contributed by atoms with Crippen molar-refractivity contribution in [2.24, 2.45) is 0 Å². The molecule has 0 bridgehead atoms. The van der Waals surface area contributed by atoms with E-state index < -0.39 is 45.9 Å². The van der Waals surface area contributed by atoms with Crippen molar-refractivity contribution in [2.45, 2.75) is 38.0 Å². The molecule has 0 fully saturated rings. The van der Waals surface area contributed by atoms with Gasteiger partial charge in [0, 0.05) is 6.20 Å². The standard InChI is InChI=1S/C25H25F3N6O5S/c1-14-3-6-18(30-10-14)20-21(31-19(35)11-40(37,38)29-2)22-23(36)32-24(12-34(22)33-20)8-7-15-9-16(4-5-17(15)24)39-13-25(26,27)28/h3-6,9-10,29H,7-8,11-13H2,1-2H3,(H,31,35)(H,32,36)/t24-/m0/s1. The van der Waals surface area contributed by atoms with Crippen molar-refractivity contribution in [2.75, 3.05) is 24.7 Å². The van der Waals surface area contributed by atoms with Crippen molar-refractivity contribution in [3.05, 3.63) is 58.9 Å². The number of aromatic nitrogens is 3. The van der Waals surface area contributed by atoms with Crippen LogP contribution in [0.4, 0.5) is 18.9 Å². The fourth-order valence-corrected chi connectivity index (χ4v) is 5.54. The summed E-state index contributed by atoms with van der Waals surface area (Å²) in [6, 6.07) is 8.06. The van der Waals surface area contributed by atoms with E-state index in [-0.39, 0.29) is 29.4 Å². The number of amides is 2. The fourth-order valence-electron chi connectivity index (χ4n) is 4.98. The number of ether oxygens (including phenoxy) is 1. The Hall–Kier alpha value is -3.98. The van der Waals surface area contributed by atoms with Gasteiger partial charge in [-0.3, -0.25) is 19.3 Å². The van der Waals surface area contributed by atoms with Crippen molar-refractivity contribution >= 4 is 27.5 Å². The molecule has 3 heterocycles. The zero-order valence-electron chi connectivity index (χ0n) is 21.4. The minimum atomic E-state index is -4.47. The topological polar surface area (TPSA) is 144 Å². The molecule has 40 heavy (non-hydrogen) atoms. The van der Waals surface area contributed by atoms with Gasteiger partial charge in [0.1, 0.15) is 22.9 Å². The number of pyridine rings is 1. The van der Waals surface area contributed by atoms with Gasteiger partial charge >= 0.3 is 6.18 Å². The highest BCUT2D eigenvalue weighted by atomic mass is 32.2. The Morgan fingerprint density at radius 2 is 2.02 bits per heavy atom. The van der Waals surface area contributed by atoms with Gasteiger partial charge in [0.05, 0.1) is 17.8 Å². The van der Waals surface area contributed by atoms with Gasteiger partial charge in [0.15, 0.2) is 12.3 Å². The van der Waals surface area contributed by atoms with Gasteiger partial charge in [-0.25, -0.2) is 13.1 Å². The van der Waals surface area contributed by atoms with Crippen LogP contribution in [0.1, 0.15) is 33.6 Å². The Labute approximate surface area is 227 Å². The largest absolute Gasteiger partial charge is 0.484 e. The molecule has 15 heteroatoms. The normalized spacial score (nSPS) is 18.3. The molecule has 0 unspecified atom stereocenters. The highest BCUT2D eigenvalue weighted by Gasteiger charge is 2.46. The molecule has 1 aliphatic heterocycles. The second-order valence-electron chi connectivity index (χ2n) is 9.72. The van der Waals surface area contributed by atoms with E-state index in [1.54, 1.807) is 24.4 Å². The molecule has 5 rings (SSSR count). The van der Waals surface area contributed by atoms with Gasteiger partial charge in [-0.1, -0.05) is 12.1 Å². The molecule has 3 N–H and O–H groups in total. The summed E-state index contributed by atoms with van der Waals surface area (Å²) >= 11 is 0. The summed E-state index contributed by atoms with van der Waals surface area (Å²) < 4.78 is 70.1. The maximum absolute atomic E-state index is 13.6. The van der Waals surface area contributed by atoms with Crippen LogP contribution in [0.25, 0.3) is 11.4 Å². The molecule has 3 aromatic rings. The number of fused-ring (bicyclic) bond motifs is 3. The first-order valence-corrected chi connectivity index (χ1v) is 13.8. The Kier molecular flexibility index (Phi) is 6.82. The maximum Gasteiger partial charge on any atom is 0.422 e. The first-order valence-electron chi connectivity index (χ1n) is 12.2. The first-order chi connectivity index (χ1) is 18.8. The van der Waals surface area contributed by atoms with Crippen LogP contribution in [-0.2, 0) is 33.3 Å². The van der Waals surface area contributed by atoms with Gasteiger partial charge in [-0.15, -0.1) is 0 Å². The third-order valence-electron chi connectivity index (χ3n) is 6.81. The van der Waals surface area contributed by atoms with Crippen LogP contribution in [0.15, 0.2) is 36.5 Å². The molecule has 1 aromatic carbocycles. The van der Waals surface area contributed by atoms with Crippen LogP contribution in [0.3, 0.4) is 0 Å². The Morgan fingerprint density at radius 3 is 2.70 bits per heavy atom. The van der Waals surface area contributed by atoms with E-state index in [0.29, 0.717) is 18.5 Å². The van der Waals surface area contributed by atoms with Crippen LogP contribution in [0.5, 0.6) is 5.75 Å². The molecular weight excluding hydrogens is 553 g/mol. The van der Waals surface area contributed by atoms with E-state index >= 15 is 0 Å². The number of nitrogens with zero attached hydrogens (tertiary/aromatic N) is 3. The number of hydrogen-bond acceptors (Lipinski definition) is 7. The summed E-state index contributed by atoms with van der Waals surface area (Å²) in [5.74, 6) is -2.23. The second kappa shape index (κ2) is 9.89. The van der Waals surface area contributed by atoms with Crippen LogP contribution < -0.4 is 20.1 Å². The smallest absolute Gasteiger partial charge is 0.422 e. The third kappa shape index (κ3) is 5.38. The minimum absolute atomic E-state index is 0.0223. The number of sulfonamides is 1. The van der Waals surface area contributed by atoms with E-state index in [9.17, 15) is 31.2 Å². The van der Waals surface area contributed by atoms with Gasteiger partial charge in [-0.05, 0) is 61.7 Å². The fraction of sp³-hybridized carbons (Fsp3) is 0.360. The monoisotopic (exact) mass is 578 g/mol. The van der Waals surface area contributed by atoms with Crippen molar-refractivity contribution in [3.63, 3.8) is 0 Å². The molecule has 212 valence electrons. The lowest BCUT2D eigenvalue weighted by Crippen LogP contribution is -2.52. The number of halogens is 3. The molecular formula is C25H25F3N6O5S. The van der Waals surface area contributed by atoms with Gasteiger partial charge in [0.25, 0.3) is 5.91 Å². The predicted octanol–water partition coefficient (Wildman–Crippen LogP) is 2.27. The Bertz CT molecular complexity index is 1600. The second-order valence-corrected chi connectivity index (χ2v) is 11.6. The van der Waals surface area contributed by atoms with E-state index in [1.807, 2.05) is 6.92 Å². The zero-order chi connectivity index (χ0) is 28.9. The first kappa shape index (κ1) is 27.6. The number of carbonyl (C=O) groups excluding carboxylic acids is 2. The van der Waals surface area contributed by atoms with Crippen molar-refractivity contribution in [1.82, 2.24) is 24.8 Å². The van der Waals surface area contributed by atoms with E-state index in [4.69, 9.17) is 4.74 Å². The summed E-state index contributed by atoms with van der Waals surface area (Å²) in [6.45, 7) is 0.590. The lowest BCUT2D eigenvalue weighted by molar-refractivity contribution is -0.153. The van der Waals surface area contributed by atoms with Crippen LogP contribution >= 0.6 is 0 Å². The maximum atomic E-state index is 13.6. The Morgan fingerprint density at radius 1 is 1.25 bits per heavy atom. The lowest BCUT2D eigenvalue weighted by atomic mass is 9.89. The molecule has 1 spiro atoms. The molecule has 11 nitrogen and oxygen atoms in total. The molecule has 1 aliphatic carbocycles. The zero-order valence-corrected chi connectivity index (χ0v) is 22.2. The summed E-state index contributed by atoms with van der Waals surface area (Å²) in [7, 11) is -2.70. The number of benzene rings is 1. The molecule has 2 aromatic heterocycles. The van der Waals surface area contributed by atoms with Gasteiger partial charge in [-0.2, -0.15) is 18.3 Å². The van der Waals surface area contributed by atoms with E-state index in [0.717, 1.165) is 16.7 Å². The van der Waals surface area contributed by atoms with Gasteiger partial charge in [0.2, 0.25) is 15.9 Å². The summed E-state index contributed by atoms with van der Waals surface area (Å²) in [6.07, 6.45) is -1.94. The van der Waals surface area contributed by atoms with Crippen molar-refractivity contribution in [3.8, 4) is 17.1 Å². The molecule has 2 aliphatic rings. The van der Waals surface area contributed by atoms with Crippen molar-refractivity contribution in [1.29, 1.82) is 0 Å². The number of alkyl halides is 3. The summed E-state index contributed by atoms with van der Waals surface area (Å²) in [5, 5.41) is 10.1. The average Bonchev–Trinajstić information content (AvgIpc) is 3.40. The Balaban J connectivity index is 1.51. The number of anilines is 1. The molecule has 0 saturated heterocycles. The number of carbonyl (C=O) groups is 2. The molecule has 1 atom stereocenters. The number of hydrogen-bond donors (Lipinski definition) is 3. The average molecular weight is 579 g/mol. The van der Waals surface area contributed by atoms with Crippen LogP contribution in [0, 0.1) is 6.92 Å². The highest BCUT2D eigenvalue weighted by molar-refractivity contribution is 7.90. The predicted molar refractivity (Wildman–Crippen MR) is 137 cm³/mol. The summed E-state index contributed by atoms with van der Waals surface area (Å²) in [4.78, 5) is 30.6. The van der Waals surface area contributed by atoms with Gasteiger partial charge < -0.3 is 15.4 Å².